The van der Waals surface area contributed by atoms with E-state index < -0.39 is 0 Å². The van der Waals surface area contributed by atoms with Crippen LogP contribution < -0.4 is 14.2 Å². The summed E-state index contributed by atoms with van der Waals surface area (Å²) in [4.78, 5) is 21.9. The highest BCUT2D eigenvalue weighted by atomic mass is 16.7. The molecule has 0 saturated carbocycles. The van der Waals surface area contributed by atoms with E-state index in [1.54, 1.807) is 12.1 Å². The van der Waals surface area contributed by atoms with Gasteiger partial charge in [-0.25, -0.2) is 0 Å². The van der Waals surface area contributed by atoms with E-state index in [9.17, 15) is 9.59 Å². The lowest BCUT2D eigenvalue weighted by Crippen LogP contribution is -2.05. The number of methoxy groups -OCH3 is 1. The van der Waals surface area contributed by atoms with Crippen LogP contribution in [0, 0.1) is 0 Å². The number of hydrogen-bond acceptors (Lipinski definition) is 6. The SMILES string of the molecule is COC(=O)CCCOc1cc2c(cc1C=O)OCO2. The Hall–Kier alpha value is -2.24. The van der Waals surface area contributed by atoms with Crippen LogP contribution in [0.5, 0.6) is 17.2 Å². The van der Waals surface area contributed by atoms with Gasteiger partial charge in [-0.2, -0.15) is 0 Å². The molecule has 19 heavy (non-hydrogen) atoms. The van der Waals surface area contributed by atoms with E-state index in [1.165, 1.54) is 7.11 Å². The molecule has 102 valence electrons. The van der Waals surface area contributed by atoms with Gasteiger partial charge < -0.3 is 18.9 Å². The maximum atomic E-state index is 11.0. The molecule has 0 aromatic heterocycles. The van der Waals surface area contributed by atoms with Gasteiger partial charge in [0.1, 0.15) is 5.75 Å². The number of benzene rings is 1. The Kier molecular flexibility index (Phi) is 4.22. The Bertz CT molecular complexity index is 482. The summed E-state index contributed by atoms with van der Waals surface area (Å²) in [6, 6.07) is 3.19. The number of aldehydes is 1. The van der Waals surface area contributed by atoms with Gasteiger partial charge in [-0.15, -0.1) is 0 Å². The van der Waals surface area contributed by atoms with Crippen LogP contribution in [0.3, 0.4) is 0 Å². The van der Waals surface area contributed by atoms with Crippen LogP contribution in [-0.4, -0.2) is 32.8 Å². The standard InChI is InChI=1S/C13H14O6/c1-16-13(15)3-2-4-17-10-6-12-11(18-8-19-12)5-9(10)7-14/h5-7H,2-4,8H2,1H3. The van der Waals surface area contributed by atoms with Crippen LogP contribution in [-0.2, 0) is 9.53 Å². The van der Waals surface area contributed by atoms with Crippen LogP contribution in [0.15, 0.2) is 12.1 Å². The summed E-state index contributed by atoms with van der Waals surface area (Å²) in [6.45, 7) is 0.453. The maximum absolute atomic E-state index is 11.0. The molecule has 1 aromatic carbocycles. The van der Waals surface area contributed by atoms with Crippen LogP contribution in [0.25, 0.3) is 0 Å². The van der Waals surface area contributed by atoms with E-state index in [4.69, 9.17) is 14.2 Å². The highest BCUT2D eigenvalue weighted by Crippen LogP contribution is 2.37. The van der Waals surface area contributed by atoms with Crippen molar-refractivity contribution in [2.45, 2.75) is 12.8 Å². The fraction of sp³-hybridized carbons (Fsp3) is 0.385. The Morgan fingerprint density at radius 2 is 2.11 bits per heavy atom. The Labute approximate surface area is 110 Å². The first-order valence-electron chi connectivity index (χ1n) is 5.83. The van der Waals surface area contributed by atoms with Crippen molar-refractivity contribution in [2.24, 2.45) is 0 Å². The van der Waals surface area contributed by atoms with E-state index in [2.05, 4.69) is 4.74 Å². The minimum Gasteiger partial charge on any atom is -0.493 e. The van der Waals surface area contributed by atoms with Crippen molar-refractivity contribution < 1.29 is 28.5 Å². The molecule has 1 heterocycles. The van der Waals surface area contributed by atoms with Gasteiger partial charge in [0.05, 0.1) is 19.3 Å². The first-order valence-corrected chi connectivity index (χ1v) is 5.83. The molecular weight excluding hydrogens is 252 g/mol. The fourth-order valence-corrected chi connectivity index (χ4v) is 1.66. The van der Waals surface area contributed by atoms with Gasteiger partial charge in [0, 0.05) is 12.5 Å². The molecule has 0 aliphatic carbocycles. The fourth-order valence-electron chi connectivity index (χ4n) is 1.66. The molecule has 1 aromatic rings. The summed E-state index contributed by atoms with van der Waals surface area (Å²) in [6.07, 6.45) is 1.48. The van der Waals surface area contributed by atoms with Crippen LogP contribution in [0.2, 0.25) is 0 Å². The molecule has 0 fully saturated rings. The molecule has 6 nitrogen and oxygen atoms in total. The van der Waals surface area contributed by atoms with Gasteiger partial charge >= 0.3 is 5.97 Å². The molecule has 1 aliphatic heterocycles. The normalized spacial score (nSPS) is 12.1. The van der Waals surface area contributed by atoms with E-state index >= 15 is 0 Å². The van der Waals surface area contributed by atoms with Crippen molar-refractivity contribution >= 4 is 12.3 Å². The Morgan fingerprint density at radius 3 is 2.79 bits per heavy atom. The van der Waals surface area contributed by atoms with Crippen LogP contribution in [0.4, 0.5) is 0 Å². The third kappa shape index (κ3) is 3.15. The molecule has 6 heteroatoms. The number of carbonyl (C=O) groups excluding carboxylic acids is 2. The topological polar surface area (TPSA) is 71.1 Å². The predicted molar refractivity (Wildman–Crippen MR) is 64.7 cm³/mol. The van der Waals surface area contributed by atoms with Crippen molar-refractivity contribution in [3.05, 3.63) is 17.7 Å². The minimum atomic E-state index is -0.287. The van der Waals surface area contributed by atoms with Gasteiger partial charge in [0.25, 0.3) is 0 Å². The number of rotatable bonds is 6. The number of ether oxygens (including phenoxy) is 4. The molecule has 0 spiro atoms. The quantitative estimate of drug-likeness (QED) is 0.442. The van der Waals surface area contributed by atoms with E-state index in [-0.39, 0.29) is 19.2 Å². The molecule has 0 atom stereocenters. The van der Waals surface area contributed by atoms with E-state index in [0.717, 1.165) is 0 Å². The lowest BCUT2D eigenvalue weighted by atomic mass is 10.2. The average molecular weight is 266 g/mol. The molecule has 0 unspecified atom stereocenters. The maximum Gasteiger partial charge on any atom is 0.305 e. The third-order valence-electron chi connectivity index (χ3n) is 2.64. The van der Waals surface area contributed by atoms with Gasteiger partial charge in [0.2, 0.25) is 6.79 Å². The molecule has 0 radical (unpaired) electrons. The summed E-state index contributed by atoms with van der Waals surface area (Å²) in [5, 5.41) is 0. The zero-order valence-electron chi connectivity index (χ0n) is 10.5. The third-order valence-corrected chi connectivity index (χ3v) is 2.64. The van der Waals surface area contributed by atoms with E-state index in [0.29, 0.717) is 42.1 Å². The van der Waals surface area contributed by atoms with Crippen molar-refractivity contribution in [3.63, 3.8) is 0 Å². The second kappa shape index (κ2) is 6.08. The molecule has 0 amide bonds. The van der Waals surface area contributed by atoms with Crippen molar-refractivity contribution in [2.75, 3.05) is 20.5 Å². The van der Waals surface area contributed by atoms with Crippen LogP contribution in [0.1, 0.15) is 23.2 Å². The molecule has 2 rings (SSSR count). The van der Waals surface area contributed by atoms with Gasteiger partial charge in [0.15, 0.2) is 17.8 Å². The van der Waals surface area contributed by atoms with E-state index in [1.807, 2.05) is 0 Å². The second-order valence-electron chi connectivity index (χ2n) is 3.89. The average Bonchev–Trinajstić information content (AvgIpc) is 2.89. The molecule has 0 saturated heterocycles. The minimum absolute atomic E-state index is 0.138. The second-order valence-corrected chi connectivity index (χ2v) is 3.89. The number of esters is 1. The summed E-state index contributed by atoms with van der Waals surface area (Å²) in [5.74, 6) is 1.21. The lowest BCUT2D eigenvalue weighted by Gasteiger charge is -2.09. The molecule has 0 bridgehead atoms. The monoisotopic (exact) mass is 266 g/mol. The predicted octanol–water partition coefficient (Wildman–Crippen LogP) is 1.56. The largest absolute Gasteiger partial charge is 0.493 e. The molecule has 0 N–H and O–H groups in total. The zero-order chi connectivity index (χ0) is 13.7. The summed E-state index contributed by atoms with van der Waals surface area (Å²) >= 11 is 0. The van der Waals surface area contributed by atoms with Crippen LogP contribution >= 0.6 is 0 Å². The van der Waals surface area contributed by atoms with Crippen molar-refractivity contribution in [1.29, 1.82) is 0 Å². The summed E-state index contributed by atoms with van der Waals surface area (Å²) in [7, 11) is 1.34. The highest BCUT2D eigenvalue weighted by Gasteiger charge is 2.17. The molecule has 1 aliphatic rings. The van der Waals surface area contributed by atoms with Crippen molar-refractivity contribution in [3.8, 4) is 17.2 Å². The smallest absolute Gasteiger partial charge is 0.305 e. The summed E-state index contributed by atoms with van der Waals surface area (Å²) in [5.41, 5.74) is 0.391. The van der Waals surface area contributed by atoms with Gasteiger partial charge in [-0.1, -0.05) is 0 Å². The lowest BCUT2D eigenvalue weighted by molar-refractivity contribution is -0.140. The van der Waals surface area contributed by atoms with Gasteiger partial charge in [-0.3, -0.25) is 9.59 Å². The Morgan fingerprint density at radius 1 is 1.37 bits per heavy atom. The number of fused-ring (bicyclic) bond motifs is 1. The number of carbonyl (C=O) groups is 2. The zero-order valence-corrected chi connectivity index (χ0v) is 10.5. The number of hydrogen-bond donors (Lipinski definition) is 0. The Balaban J connectivity index is 1.96. The van der Waals surface area contributed by atoms with Gasteiger partial charge in [-0.05, 0) is 12.5 Å². The first-order chi connectivity index (χ1) is 9.24. The summed E-state index contributed by atoms with van der Waals surface area (Å²) < 4.78 is 20.4. The first kappa shape index (κ1) is 13.2. The molecular formula is C13H14O6. The van der Waals surface area contributed by atoms with Crippen molar-refractivity contribution in [1.82, 2.24) is 0 Å². The highest BCUT2D eigenvalue weighted by molar-refractivity contribution is 5.81.